The molecule has 0 aliphatic rings. The summed E-state index contributed by atoms with van der Waals surface area (Å²) >= 11 is 8.21. The second-order valence-electron chi connectivity index (χ2n) is 8.88. The number of thioether (sulfide) groups is 4. The molecule has 34 heavy (non-hydrogen) atoms. The molecule has 3 aromatic carbocycles. The normalized spacial score (nSPS) is 11.6. The molecule has 3 rings (SSSR count). The number of hydrogen-bond acceptors (Lipinski definition) is 4. The summed E-state index contributed by atoms with van der Waals surface area (Å²) in [5, 5.41) is 5.87. The van der Waals surface area contributed by atoms with Crippen molar-refractivity contribution in [3.8, 4) is 0 Å². The molecule has 0 bridgehead atoms. The molecule has 3 aromatic rings. The van der Waals surface area contributed by atoms with E-state index in [1.165, 1.54) is 116 Å². The van der Waals surface area contributed by atoms with Gasteiger partial charge in [-0.25, -0.2) is 0 Å². The number of hydrogen-bond donors (Lipinski definition) is 0. The maximum atomic E-state index is 2.50. The van der Waals surface area contributed by atoms with E-state index in [1.54, 1.807) is 0 Å². The number of rotatable bonds is 16. The van der Waals surface area contributed by atoms with Gasteiger partial charge in [0.1, 0.15) is 0 Å². The maximum Gasteiger partial charge on any atom is 0.0230 e. The van der Waals surface area contributed by atoms with Crippen LogP contribution in [-0.4, -0.2) is 23.0 Å². The van der Waals surface area contributed by atoms with Crippen molar-refractivity contribution in [1.82, 2.24) is 0 Å². The van der Waals surface area contributed by atoms with E-state index in [0.29, 0.717) is 0 Å². The fraction of sp³-hybridized carbons (Fsp3) is 0.533. The Balaban J connectivity index is 2.14. The summed E-state index contributed by atoms with van der Waals surface area (Å²) in [4.78, 5) is 5.85. The van der Waals surface area contributed by atoms with Gasteiger partial charge >= 0.3 is 0 Å². The van der Waals surface area contributed by atoms with Crippen molar-refractivity contribution >= 4 is 68.6 Å². The lowest BCUT2D eigenvalue weighted by Gasteiger charge is -2.18. The molecule has 0 heterocycles. The topological polar surface area (TPSA) is 0 Å². The van der Waals surface area contributed by atoms with E-state index in [1.807, 2.05) is 23.5 Å². The molecule has 0 aliphatic carbocycles. The largest absolute Gasteiger partial charge is 0.126 e. The van der Waals surface area contributed by atoms with Gasteiger partial charge in [-0.05, 0) is 94.5 Å². The second-order valence-corrected chi connectivity index (χ2v) is 13.4. The van der Waals surface area contributed by atoms with Crippen LogP contribution < -0.4 is 0 Å². The van der Waals surface area contributed by atoms with Crippen LogP contribution in [0.1, 0.15) is 79.1 Å². The zero-order valence-electron chi connectivity index (χ0n) is 21.6. The van der Waals surface area contributed by atoms with Gasteiger partial charge in [-0.1, -0.05) is 65.5 Å². The van der Waals surface area contributed by atoms with Crippen LogP contribution in [0.15, 0.2) is 56.0 Å². The fourth-order valence-corrected chi connectivity index (χ4v) is 8.56. The van der Waals surface area contributed by atoms with Crippen molar-refractivity contribution in [2.24, 2.45) is 0 Å². The standard InChI is InChI=1S/C30H42S4/c1-5-9-17-31-23-13-15-25-27(21-23)29(33-19-11-7-3)26-16-14-24(32-18-10-6-2)22-28(26)30(25)34-20-12-8-4/h13-16,21-22H,5-12,17-20H2,1-4H3. The number of unbranched alkanes of at least 4 members (excludes halogenated alkanes) is 4. The van der Waals surface area contributed by atoms with E-state index in [4.69, 9.17) is 0 Å². The molecule has 0 fully saturated rings. The molecule has 0 aromatic heterocycles. The Morgan fingerprint density at radius 3 is 1.15 bits per heavy atom. The summed E-state index contributed by atoms with van der Waals surface area (Å²) in [5.74, 6) is 4.82. The lowest BCUT2D eigenvalue weighted by molar-refractivity contribution is 0.896. The summed E-state index contributed by atoms with van der Waals surface area (Å²) in [7, 11) is 0. The Morgan fingerprint density at radius 2 is 0.794 bits per heavy atom. The van der Waals surface area contributed by atoms with Gasteiger partial charge in [0, 0.05) is 19.6 Å². The first-order chi connectivity index (χ1) is 16.7. The molecule has 0 radical (unpaired) electrons. The Kier molecular flexibility index (Phi) is 13.0. The maximum absolute atomic E-state index is 2.50. The molecule has 0 unspecified atom stereocenters. The van der Waals surface area contributed by atoms with Gasteiger partial charge in [0.25, 0.3) is 0 Å². The first-order valence-corrected chi connectivity index (χ1v) is 17.2. The van der Waals surface area contributed by atoms with Crippen LogP contribution in [-0.2, 0) is 0 Å². The lowest BCUT2D eigenvalue weighted by Crippen LogP contribution is -1.92. The van der Waals surface area contributed by atoms with Gasteiger partial charge in [0.2, 0.25) is 0 Å². The van der Waals surface area contributed by atoms with Crippen LogP contribution in [0.3, 0.4) is 0 Å². The van der Waals surface area contributed by atoms with Crippen molar-refractivity contribution in [3.05, 3.63) is 36.4 Å². The summed E-state index contributed by atoms with van der Waals surface area (Å²) in [6.45, 7) is 9.16. The van der Waals surface area contributed by atoms with Crippen LogP contribution in [0.25, 0.3) is 21.5 Å². The fourth-order valence-electron chi connectivity index (χ4n) is 3.91. The van der Waals surface area contributed by atoms with E-state index < -0.39 is 0 Å². The molecule has 0 N–H and O–H groups in total. The van der Waals surface area contributed by atoms with Crippen LogP contribution in [0.4, 0.5) is 0 Å². The predicted octanol–water partition coefficient (Wildman–Crippen LogP) is 11.6. The Morgan fingerprint density at radius 1 is 0.441 bits per heavy atom. The van der Waals surface area contributed by atoms with Gasteiger partial charge < -0.3 is 0 Å². The minimum Gasteiger partial charge on any atom is -0.126 e. The van der Waals surface area contributed by atoms with E-state index >= 15 is 0 Å². The highest BCUT2D eigenvalue weighted by Gasteiger charge is 2.16. The highest BCUT2D eigenvalue weighted by molar-refractivity contribution is 8.00. The number of fused-ring (bicyclic) bond motifs is 2. The van der Waals surface area contributed by atoms with E-state index in [-0.39, 0.29) is 0 Å². The van der Waals surface area contributed by atoms with Crippen molar-refractivity contribution in [2.45, 2.75) is 98.6 Å². The van der Waals surface area contributed by atoms with Gasteiger partial charge in [0.05, 0.1) is 0 Å². The summed E-state index contributed by atoms with van der Waals surface area (Å²) < 4.78 is 0. The SMILES string of the molecule is CCCCSc1ccc2c(SCCCC)c3cc(SCCCC)ccc3c(SCCCC)c2c1. The van der Waals surface area contributed by atoms with Crippen molar-refractivity contribution in [3.63, 3.8) is 0 Å². The molecule has 0 spiro atoms. The quantitative estimate of drug-likeness (QED) is 0.102. The average Bonchev–Trinajstić information content (AvgIpc) is 2.85. The van der Waals surface area contributed by atoms with Crippen LogP contribution in [0.2, 0.25) is 0 Å². The predicted molar refractivity (Wildman–Crippen MR) is 164 cm³/mol. The van der Waals surface area contributed by atoms with Gasteiger partial charge in [-0.2, -0.15) is 0 Å². The Labute approximate surface area is 225 Å². The molecular formula is C30H42S4. The Bertz CT molecular complexity index is 944. The highest BCUT2D eigenvalue weighted by Crippen LogP contribution is 2.45. The first kappa shape index (κ1) is 28.2. The smallest absolute Gasteiger partial charge is 0.0230 e. The molecule has 0 atom stereocenters. The van der Waals surface area contributed by atoms with Crippen molar-refractivity contribution in [2.75, 3.05) is 23.0 Å². The Hall–Kier alpha value is -0.420. The molecule has 4 heteroatoms. The monoisotopic (exact) mass is 530 g/mol. The van der Waals surface area contributed by atoms with Crippen molar-refractivity contribution < 1.29 is 0 Å². The van der Waals surface area contributed by atoms with Crippen molar-refractivity contribution in [1.29, 1.82) is 0 Å². The average molecular weight is 531 g/mol. The number of benzene rings is 3. The van der Waals surface area contributed by atoms with Crippen LogP contribution >= 0.6 is 47.0 Å². The first-order valence-electron chi connectivity index (χ1n) is 13.3. The third kappa shape index (κ3) is 7.79. The third-order valence-corrected chi connectivity index (χ3v) is 10.6. The van der Waals surface area contributed by atoms with E-state index in [2.05, 4.69) is 87.6 Å². The molecule has 0 aliphatic heterocycles. The lowest BCUT2D eigenvalue weighted by atomic mass is 10.0. The van der Waals surface area contributed by atoms with Gasteiger partial charge in [-0.15, -0.1) is 47.0 Å². The van der Waals surface area contributed by atoms with Crippen LogP contribution in [0.5, 0.6) is 0 Å². The molecule has 0 saturated heterocycles. The molecule has 186 valence electrons. The molecule has 0 nitrogen and oxygen atoms in total. The molecular weight excluding hydrogens is 489 g/mol. The zero-order chi connectivity index (χ0) is 24.2. The van der Waals surface area contributed by atoms with Crippen LogP contribution in [0, 0.1) is 0 Å². The summed E-state index contributed by atoms with van der Waals surface area (Å²) in [6, 6.07) is 14.6. The van der Waals surface area contributed by atoms with Gasteiger partial charge in [-0.3, -0.25) is 0 Å². The second kappa shape index (κ2) is 15.6. The molecule has 0 saturated carbocycles. The minimum atomic E-state index is 1.20. The third-order valence-electron chi connectivity index (χ3n) is 5.98. The summed E-state index contributed by atoms with van der Waals surface area (Å²) in [5.41, 5.74) is 0. The van der Waals surface area contributed by atoms with Gasteiger partial charge in [0.15, 0.2) is 0 Å². The molecule has 0 amide bonds. The zero-order valence-corrected chi connectivity index (χ0v) is 24.8. The summed E-state index contributed by atoms with van der Waals surface area (Å²) in [6.07, 6.45) is 10.2. The van der Waals surface area contributed by atoms with E-state index in [9.17, 15) is 0 Å². The minimum absolute atomic E-state index is 1.20. The van der Waals surface area contributed by atoms with E-state index in [0.717, 1.165) is 0 Å². The highest BCUT2D eigenvalue weighted by atomic mass is 32.2.